The number of aromatic nitrogens is 3. The number of hydrogen-bond donors (Lipinski definition) is 1. The van der Waals surface area contributed by atoms with Gasteiger partial charge in [-0.2, -0.15) is 0 Å². The van der Waals surface area contributed by atoms with Gasteiger partial charge in [-0.05, 0) is 37.6 Å². The fraction of sp³-hybridized carbons (Fsp3) is 0.250. The molecule has 1 aromatic heterocycles. The Hall–Kier alpha value is -1.69. The van der Waals surface area contributed by atoms with E-state index in [1.165, 1.54) is 0 Å². The number of aliphatic carboxylic acids is 1. The Balaban J connectivity index is 2.45. The normalized spacial score (nSPS) is 10.6. The summed E-state index contributed by atoms with van der Waals surface area (Å²) in [5.41, 5.74) is 3.19. The molecule has 0 aliphatic heterocycles. The number of rotatable bonds is 3. The first-order chi connectivity index (χ1) is 8.47. The number of carboxylic acids is 1. The second-order valence-electron chi connectivity index (χ2n) is 4.09. The summed E-state index contributed by atoms with van der Waals surface area (Å²) in [6.45, 7) is 3.80. The molecular weight excluding hydrogens is 298 g/mol. The lowest BCUT2D eigenvalue weighted by Crippen LogP contribution is -2.03. The second kappa shape index (κ2) is 4.89. The van der Waals surface area contributed by atoms with Crippen molar-refractivity contribution in [3.63, 3.8) is 0 Å². The van der Waals surface area contributed by atoms with E-state index in [1.54, 1.807) is 4.68 Å². The second-order valence-corrected chi connectivity index (χ2v) is 5.01. The molecule has 0 amide bonds. The topological polar surface area (TPSA) is 68.0 Å². The SMILES string of the molecule is Cc1cc(Br)cc(-n2nnc(CC(=O)O)c2C)c1. The van der Waals surface area contributed by atoms with Gasteiger partial charge >= 0.3 is 5.97 Å². The molecule has 94 valence electrons. The van der Waals surface area contributed by atoms with Crippen LogP contribution in [0.25, 0.3) is 5.69 Å². The molecule has 5 nitrogen and oxygen atoms in total. The van der Waals surface area contributed by atoms with Crippen LogP contribution in [-0.2, 0) is 11.2 Å². The third-order valence-corrected chi connectivity index (χ3v) is 3.04. The molecule has 0 unspecified atom stereocenters. The highest BCUT2D eigenvalue weighted by molar-refractivity contribution is 9.10. The van der Waals surface area contributed by atoms with Gasteiger partial charge in [-0.3, -0.25) is 4.79 Å². The maximum atomic E-state index is 10.7. The summed E-state index contributed by atoms with van der Waals surface area (Å²) in [7, 11) is 0. The van der Waals surface area contributed by atoms with Crippen molar-refractivity contribution >= 4 is 21.9 Å². The van der Waals surface area contributed by atoms with Gasteiger partial charge in [0, 0.05) is 4.47 Å². The molecule has 18 heavy (non-hydrogen) atoms. The summed E-state index contributed by atoms with van der Waals surface area (Å²) < 4.78 is 2.60. The lowest BCUT2D eigenvalue weighted by molar-refractivity contribution is -0.136. The highest BCUT2D eigenvalue weighted by Gasteiger charge is 2.13. The predicted molar refractivity (Wildman–Crippen MR) is 69.9 cm³/mol. The Morgan fingerprint density at radius 2 is 2.11 bits per heavy atom. The maximum absolute atomic E-state index is 10.7. The molecule has 0 saturated carbocycles. The third kappa shape index (κ3) is 2.59. The number of aryl methyl sites for hydroxylation is 1. The minimum atomic E-state index is -0.907. The highest BCUT2D eigenvalue weighted by atomic mass is 79.9. The Bertz CT molecular complexity index is 587. The van der Waals surface area contributed by atoms with Gasteiger partial charge in [-0.25, -0.2) is 4.68 Å². The zero-order chi connectivity index (χ0) is 13.3. The highest BCUT2D eigenvalue weighted by Crippen LogP contribution is 2.19. The van der Waals surface area contributed by atoms with E-state index in [9.17, 15) is 4.79 Å². The van der Waals surface area contributed by atoms with Crippen molar-refractivity contribution in [1.29, 1.82) is 0 Å². The monoisotopic (exact) mass is 309 g/mol. The van der Waals surface area contributed by atoms with Gasteiger partial charge in [0.25, 0.3) is 0 Å². The van der Waals surface area contributed by atoms with Crippen molar-refractivity contribution in [2.45, 2.75) is 20.3 Å². The molecule has 1 N–H and O–H groups in total. The van der Waals surface area contributed by atoms with Crippen molar-refractivity contribution in [2.75, 3.05) is 0 Å². The van der Waals surface area contributed by atoms with Gasteiger partial charge in [0.15, 0.2) is 0 Å². The summed E-state index contributed by atoms with van der Waals surface area (Å²) >= 11 is 3.43. The molecule has 2 rings (SSSR count). The first-order valence-electron chi connectivity index (χ1n) is 5.38. The van der Waals surface area contributed by atoms with Crippen LogP contribution in [0.1, 0.15) is 17.0 Å². The predicted octanol–water partition coefficient (Wildman–Crippen LogP) is 2.27. The Labute approximate surface area is 113 Å². The summed E-state index contributed by atoms with van der Waals surface area (Å²) in [6.07, 6.45) is -0.112. The standard InChI is InChI=1S/C12H12BrN3O2/c1-7-3-9(13)5-10(4-7)16-8(2)11(14-15-16)6-12(17)18/h3-5H,6H2,1-2H3,(H,17,18). The van der Waals surface area contributed by atoms with E-state index in [0.29, 0.717) is 5.69 Å². The van der Waals surface area contributed by atoms with Crippen molar-refractivity contribution in [1.82, 2.24) is 15.0 Å². The maximum Gasteiger partial charge on any atom is 0.309 e. The Kier molecular flexibility index (Phi) is 3.47. The van der Waals surface area contributed by atoms with Gasteiger partial charge in [-0.15, -0.1) is 5.10 Å². The molecule has 0 spiro atoms. The number of carboxylic acid groups (broad SMARTS) is 1. The fourth-order valence-corrected chi connectivity index (χ4v) is 2.35. The summed E-state index contributed by atoms with van der Waals surface area (Å²) in [5.74, 6) is -0.907. The van der Waals surface area contributed by atoms with Crippen molar-refractivity contribution in [3.8, 4) is 5.69 Å². The van der Waals surface area contributed by atoms with Crippen LogP contribution in [0.4, 0.5) is 0 Å². The molecule has 0 aliphatic rings. The van der Waals surface area contributed by atoms with E-state index in [-0.39, 0.29) is 6.42 Å². The van der Waals surface area contributed by atoms with Crippen molar-refractivity contribution < 1.29 is 9.90 Å². The van der Waals surface area contributed by atoms with Gasteiger partial charge < -0.3 is 5.11 Å². The Morgan fingerprint density at radius 3 is 2.72 bits per heavy atom. The van der Waals surface area contributed by atoms with Crippen LogP contribution in [0.5, 0.6) is 0 Å². The van der Waals surface area contributed by atoms with Gasteiger partial charge in [0.1, 0.15) is 0 Å². The molecule has 0 saturated heterocycles. The molecule has 0 aliphatic carbocycles. The van der Waals surface area contributed by atoms with Crippen LogP contribution in [0, 0.1) is 13.8 Å². The lowest BCUT2D eigenvalue weighted by atomic mass is 10.2. The molecular formula is C12H12BrN3O2. The van der Waals surface area contributed by atoms with E-state index < -0.39 is 5.97 Å². The molecule has 2 aromatic rings. The smallest absolute Gasteiger partial charge is 0.309 e. The van der Waals surface area contributed by atoms with Gasteiger partial charge in [-0.1, -0.05) is 21.1 Å². The summed E-state index contributed by atoms with van der Waals surface area (Å²) in [6, 6.07) is 5.88. The minimum absolute atomic E-state index is 0.112. The zero-order valence-corrected chi connectivity index (χ0v) is 11.6. The molecule has 1 aromatic carbocycles. The molecule has 6 heteroatoms. The number of hydrogen-bond acceptors (Lipinski definition) is 3. The quantitative estimate of drug-likeness (QED) is 0.944. The van der Waals surface area contributed by atoms with Gasteiger partial charge in [0.05, 0.1) is 23.5 Å². The summed E-state index contributed by atoms with van der Waals surface area (Å²) in [5, 5.41) is 16.7. The van der Waals surface area contributed by atoms with Crippen LogP contribution >= 0.6 is 15.9 Å². The fourth-order valence-electron chi connectivity index (χ4n) is 1.75. The van der Waals surface area contributed by atoms with E-state index in [0.717, 1.165) is 21.4 Å². The molecule has 0 fully saturated rings. The number of benzene rings is 1. The average Bonchev–Trinajstić information content (AvgIpc) is 2.58. The largest absolute Gasteiger partial charge is 0.481 e. The minimum Gasteiger partial charge on any atom is -0.481 e. The van der Waals surface area contributed by atoms with Crippen molar-refractivity contribution in [2.24, 2.45) is 0 Å². The molecule has 0 radical (unpaired) electrons. The summed E-state index contributed by atoms with van der Waals surface area (Å²) in [4.78, 5) is 10.7. The van der Waals surface area contributed by atoms with Crippen LogP contribution in [0.2, 0.25) is 0 Å². The van der Waals surface area contributed by atoms with E-state index in [2.05, 4.69) is 26.2 Å². The van der Waals surface area contributed by atoms with E-state index in [4.69, 9.17) is 5.11 Å². The average molecular weight is 310 g/mol. The number of carbonyl (C=O) groups is 1. The lowest BCUT2D eigenvalue weighted by Gasteiger charge is -2.05. The zero-order valence-electron chi connectivity index (χ0n) is 10.0. The van der Waals surface area contributed by atoms with Crippen LogP contribution < -0.4 is 0 Å². The molecule has 0 bridgehead atoms. The van der Waals surface area contributed by atoms with Crippen LogP contribution in [0.3, 0.4) is 0 Å². The van der Waals surface area contributed by atoms with Crippen LogP contribution in [-0.4, -0.2) is 26.1 Å². The van der Waals surface area contributed by atoms with Gasteiger partial charge in [0.2, 0.25) is 0 Å². The first-order valence-corrected chi connectivity index (χ1v) is 6.17. The van der Waals surface area contributed by atoms with Crippen molar-refractivity contribution in [3.05, 3.63) is 39.6 Å². The van der Waals surface area contributed by atoms with E-state index >= 15 is 0 Å². The Morgan fingerprint density at radius 1 is 1.39 bits per heavy atom. The number of halogens is 1. The molecule has 1 heterocycles. The van der Waals surface area contributed by atoms with E-state index in [1.807, 2.05) is 32.0 Å². The molecule has 0 atom stereocenters. The third-order valence-electron chi connectivity index (χ3n) is 2.58. The van der Waals surface area contributed by atoms with Crippen LogP contribution in [0.15, 0.2) is 22.7 Å². The number of nitrogens with zero attached hydrogens (tertiary/aromatic N) is 3. The first kappa shape index (κ1) is 12.8.